The minimum absolute atomic E-state index is 0.0584. The lowest BCUT2D eigenvalue weighted by molar-refractivity contribution is -0.870. The summed E-state index contributed by atoms with van der Waals surface area (Å²) in [4.78, 5) is 37.6. The summed E-state index contributed by atoms with van der Waals surface area (Å²) in [5.41, 5.74) is 0. The summed E-state index contributed by atoms with van der Waals surface area (Å²) in [5, 5.41) is 10.2. The van der Waals surface area contributed by atoms with Gasteiger partial charge in [-0.05, 0) is 83.5 Å². The Balaban J connectivity index is 4.62. The summed E-state index contributed by atoms with van der Waals surface area (Å²) in [6.45, 7) is 3.82. The molecule has 0 aromatic heterocycles. The molecule has 0 aromatic carbocycles. The summed E-state index contributed by atoms with van der Waals surface area (Å²) in [6, 6.07) is 0. The Labute approximate surface area is 370 Å². The first-order valence-electron chi connectivity index (χ1n) is 22.7. The van der Waals surface area contributed by atoms with E-state index in [2.05, 4.69) is 86.8 Å². The topological polar surface area (TPSA) is 131 Å². The van der Waals surface area contributed by atoms with Crippen LogP contribution in [-0.2, 0) is 32.7 Å². The zero-order valence-electron chi connectivity index (χ0n) is 38.4. The van der Waals surface area contributed by atoms with Crippen molar-refractivity contribution < 1.29 is 47.2 Å². The summed E-state index contributed by atoms with van der Waals surface area (Å²) < 4.78 is 33.7. The summed E-state index contributed by atoms with van der Waals surface area (Å²) in [5.74, 6) is -1.05. The van der Waals surface area contributed by atoms with Crippen LogP contribution in [0.5, 0.6) is 0 Å². The lowest BCUT2D eigenvalue weighted by Gasteiger charge is -2.28. The van der Waals surface area contributed by atoms with E-state index in [1.165, 1.54) is 19.3 Å². The van der Waals surface area contributed by atoms with E-state index in [1.807, 2.05) is 39.4 Å². The molecule has 0 saturated carbocycles. The molecule has 0 saturated heterocycles. The molecule has 0 fully saturated rings. The number of carbonyl (C=O) groups excluding carboxylic acids is 2. The molecule has 0 rings (SSSR count). The van der Waals surface area contributed by atoms with Crippen LogP contribution in [-0.4, -0.2) is 81.2 Å². The molecule has 346 valence electrons. The van der Waals surface area contributed by atoms with Gasteiger partial charge in [-0.3, -0.25) is 14.2 Å². The Hall–Kier alpha value is -3.37. The maximum Gasteiger partial charge on any atom is 0.306 e. The van der Waals surface area contributed by atoms with Crippen LogP contribution in [0.4, 0.5) is 0 Å². The number of phosphoric acid groups is 1. The summed E-state index contributed by atoms with van der Waals surface area (Å²) in [7, 11) is 1.03. The van der Waals surface area contributed by atoms with Crippen LogP contribution in [0.25, 0.3) is 0 Å². The third kappa shape index (κ3) is 44.5. The highest BCUT2D eigenvalue weighted by Gasteiger charge is 2.21. The van der Waals surface area contributed by atoms with Gasteiger partial charge in [0.05, 0.1) is 33.9 Å². The number of ether oxygens (including phenoxy) is 2. The van der Waals surface area contributed by atoms with Gasteiger partial charge in [0.1, 0.15) is 19.8 Å². The number of allylic oxidation sites excluding steroid dienone is 16. The fourth-order valence-electron chi connectivity index (χ4n) is 5.30. The van der Waals surface area contributed by atoms with Crippen molar-refractivity contribution in [3.8, 4) is 0 Å². The maximum absolute atomic E-state index is 12.7. The molecule has 0 spiro atoms. The molecule has 0 aliphatic heterocycles. The van der Waals surface area contributed by atoms with E-state index in [4.69, 9.17) is 18.5 Å². The molecule has 3 atom stereocenters. The van der Waals surface area contributed by atoms with E-state index >= 15 is 0 Å². The molecular formula is C50H82NO9P. The Morgan fingerprint density at radius 2 is 1.18 bits per heavy atom. The fraction of sp³-hybridized carbons (Fsp3) is 0.600. The molecule has 11 heteroatoms. The van der Waals surface area contributed by atoms with E-state index in [9.17, 15) is 24.2 Å². The summed E-state index contributed by atoms with van der Waals surface area (Å²) in [6.07, 6.45) is 51.5. The molecule has 0 heterocycles. The van der Waals surface area contributed by atoms with Gasteiger partial charge in [0.2, 0.25) is 0 Å². The van der Waals surface area contributed by atoms with Crippen molar-refractivity contribution >= 4 is 19.8 Å². The SMILES string of the molecule is CC/C=C\C/C=C\C/C=C\C/C=C\C=C/C(O)C/C=C\CCC(=O)OC[C@H](COP(=O)([O-])OCC[N+](C)(C)C)OC(=O)CCCCCC/C=C\C/C=C\C/C=C\CCCCC. The van der Waals surface area contributed by atoms with Crippen LogP contribution in [0.1, 0.15) is 136 Å². The number of carbonyl (C=O) groups is 2. The van der Waals surface area contributed by atoms with Gasteiger partial charge < -0.3 is 33.0 Å². The van der Waals surface area contributed by atoms with Gasteiger partial charge in [-0.25, -0.2) is 0 Å². The zero-order chi connectivity index (χ0) is 45.1. The minimum Gasteiger partial charge on any atom is -0.756 e. The number of aliphatic hydroxyl groups excluding tert-OH is 1. The van der Waals surface area contributed by atoms with Gasteiger partial charge in [-0.15, -0.1) is 0 Å². The molecule has 1 N–H and O–H groups in total. The second-order valence-electron chi connectivity index (χ2n) is 15.9. The quantitative estimate of drug-likeness (QED) is 0.0160. The highest BCUT2D eigenvalue weighted by molar-refractivity contribution is 7.45. The van der Waals surface area contributed by atoms with Gasteiger partial charge in [0.25, 0.3) is 7.82 Å². The van der Waals surface area contributed by atoms with E-state index in [0.29, 0.717) is 30.3 Å². The van der Waals surface area contributed by atoms with Crippen molar-refractivity contribution in [2.45, 2.75) is 148 Å². The van der Waals surface area contributed by atoms with Crippen LogP contribution < -0.4 is 4.89 Å². The van der Waals surface area contributed by atoms with Crippen molar-refractivity contribution in [2.75, 3.05) is 47.5 Å². The second kappa shape index (κ2) is 40.7. The van der Waals surface area contributed by atoms with Crippen LogP contribution in [0.3, 0.4) is 0 Å². The molecule has 2 unspecified atom stereocenters. The number of likely N-dealkylation sites (N-methyl/N-ethyl adjacent to an activating group) is 1. The Morgan fingerprint density at radius 1 is 0.623 bits per heavy atom. The Bertz CT molecular complexity index is 1420. The number of esters is 2. The lowest BCUT2D eigenvalue weighted by Crippen LogP contribution is -2.37. The van der Waals surface area contributed by atoms with Crippen molar-refractivity contribution in [2.24, 2.45) is 0 Å². The normalized spacial score (nSPS) is 15.1. The third-order valence-electron chi connectivity index (χ3n) is 8.87. The number of unbranched alkanes of at least 4 members (excludes halogenated alkanes) is 7. The van der Waals surface area contributed by atoms with Gasteiger partial charge in [-0.1, -0.05) is 149 Å². The van der Waals surface area contributed by atoms with Gasteiger partial charge in [0.15, 0.2) is 6.10 Å². The number of hydrogen-bond donors (Lipinski definition) is 1. The summed E-state index contributed by atoms with van der Waals surface area (Å²) >= 11 is 0. The molecule has 0 amide bonds. The lowest BCUT2D eigenvalue weighted by atomic mass is 10.1. The van der Waals surface area contributed by atoms with Gasteiger partial charge >= 0.3 is 11.9 Å². The monoisotopic (exact) mass is 872 g/mol. The van der Waals surface area contributed by atoms with Crippen molar-refractivity contribution in [1.82, 2.24) is 0 Å². The fourth-order valence-corrected chi connectivity index (χ4v) is 6.03. The van der Waals surface area contributed by atoms with Crippen molar-refractivity contribution in [1.29, 1.82) is 0 Å². The number of rotatable bonds is 39. The number of aliphatic hydroxyl groups is 1. The number of hydrogen-bond acceptors (Lipinski definition) is 9. The second-order valence-corrected chi connectivity index (χ2v) is 17.3. The first-order valence-corrected chi connectivity index (χ1v) is 24.2. The minimum atomic E-state index is -4.68. The number of phosphoric ester groups is 1. The third-order valence-corrected chi connectivity index (χ3v) is 9.83. The van der Waals surface area contributed by atoms with Crippen molar-refractivity contribution in [3.05, 3.63) is 109 Å². The van der Waals surface area contributed by atoms with Crippen LogP contribution in [0.2, 0.25) is 0 Å². The van der Waals surface area contributed by atoms with Crippen LogP contribution >= 0.6 is 7.82 Å². The zero-order valence-corrected chi connectivity index (χ0v) is 39.3. The van der Waals surface area contributed by atoms with E-state index in [-0.39, 0.29) is 26.1 Å². The maximum atomic E-state index is 12.7. The average molecular weight is 872 g/mol. The first kappa shape index (κ1) is 57.6. The van der Waals surface area contributed by atoms with Crippen molar-refractivity contribution in [3.63, 3.8) is 0 Å². The van der Waals surface area contributed by atoms with E-state index < -0.39 is 38.6 Å². The smallest absolute Gasteiger partial charge is 0.306 e. The highest BCUT2D eigenvalue weighted by Crippen LogP contribution is 2.38. The predicted octanol–water partition coefficient (Wildman–Crippen LogP) is 11.5. The number of quaternary nitrogens is 1. The molecule has 0 radical (unpaired) electrons. The molecule has 0 aliphatic rings. The largest absolute Gasteiger partial charge is 0.756 e. The van der Waals surface area contributed by atoms with Gasteiger partial charge in [-0.2, -0.15) is 0 Å². The standard InChI is InChI=1S/C50H82NO9P/c1-6-8-10-12-14-16-18-20-21-22-23-25-27-29-31-33-37-42-50(54)60-48(46-59-61(55,56)58-44-43-51(3,4)5)45-57-49(53)41-38-34-36-40-47(52)39-35-32-30-28-26-24-19-17-15-13-11-9-7-2/h9,11,14-17,20-21,23-26,30,32,34-36,39,47-48,52H,6-8,10,12-13,18-19,22,27-29,31,33,37-38,40-46H2,1-5H3/b11-9-,16-14-,17-15-,21-20-,25-23-,26-24-,32-30-,36-34-,39-35-/t47?,48-/m1/s1. The Morgan fingerprint density at radius 3 is 1.79 bits per heavy atom. The highest BCUT2D eigenvalue weighted by atomic mass is 31.2. The van der Waals surface area contributed by atoms with Crippen LogP contribution in [0.15, 0.2) is 109 Å². The Kier molecular flexibility index (Phi) is 38.4. The molecule has 0 aliphatic carbocycles. The average Bonchev–Trinajstić information content (AvgIpc) is 3.21. The first-order chi connectivity index (χ1) is 29.4. The molecule has 61 heavy (non-hydrogen) atoms. The molecule has 10 nitrogen and oxygen atoms in total. The van der Waals surface area contributed by atoms with Gasteiger partial charge in [0, 0.05) is 12.8 Å². The van der Waals surface area contributed by atoms with E-state index in [0.717, 1.165) is 70.6 Å². The molecule has 0 bridgehead atoms. The molecular weight excluding hydrogens is 790 g/mol. The number of nitrogens with zero attached hydrogens (tertiary/aromatic N) is 1. The van der Waals surface area contributed by atoms with E-state index in [1.54, 1.807) is 18.2 Å². The molecule has 0 aromatic rings. The van der Waals surface area contributed by atoms with Crippen LogP contribution in [0, 0.1) is 0 Å². The predicted molar refractivity (Wildman–Crippen MR) is 251 cm³/mol.